The van der Waals surface area contributed by atoms with Gasteiger partial charge >= 0.3 is 0 Å². The van der Waals surface area contributed by atoms with E-state index < -0.39 is 0 Å². The summed E-state index contributed by atoms with van der Waals surface area (Å²) in [6, 6.07) is 16.4. The Balaban J connectivity index is 1.97. The summed E-state index contributed by atoms with van der Waals surface area (Å²) in [6.45, 7) is 1.94. The Bertz CT molecular complexity index is 581. The van der Waals surface area contributed by atoms with Crippen LogP contribution in [0.1, 0.15) is 15.9 Å². The Hall–Kier alpha value is -2.17. The molecule has 116 valence electrons. The van der Waals surface area contributed by atoms with Crippen molar-refractivity contribution in [3.8, 4) is 5.75 Å². The molecule has 0 saturated carbocycles. The lowest BCUT2D eigenvalue weighted by Crippen LogP contribution is -2.12. The number of hydrogen-bond acceptors (Lipinski definition) is 4. The lowest BCUT2D eigenvalue weighted by atomic mass is 10.0. The van der Waals surface area contributed by atoms with Crippen LogP contribution in [0.5, 0.6) is 5.75 Å². The minimum Gasteiger partial charge on any atom is -0.490 e. The number of rotatable bonds is 9. The molecule has 0 saturated heterocycles. The van der Waals surface area contributed by atoms with Crippen LogP contribution >= 0.6 is 0 Å². The van der Waals surface area contributed by atoms with Crippen LogP contribution in [0.25, 0.3) is 0 Å². The molecule has 0 bridgehead atoms. The highest BCUT2D eigenvalue weighted by molar-refractivity contribution is 6.10. The maximum absolute atomic E-state index is 12.5. The number of benzene rings is 2. The minimum atomic E-state index is -0.0449. The van der Waals surface area contributed by atoms with Crippen LogP contribution in [0.2, 0.25) is 0 Å². The number of carbonyl (C=O) groups is 1. The first-order chi connectivity index (χ1) is 10.8. The summed E-state index contributed by atoms with van der Waals surface area (Å²) in [5.74, 6) is 0.531. The Kier molecular flexibility index (Phi) is 6.61. The predicted octanol–water partition coefficient (Wildman–Crippen LogP) is 2.96. The van der Waals surface area contributed by atoms with E-state index in [2.05, 4.69) is 0 Å². The van der Waals surface area contributed by atoms with E-state index in [0.29, 0.717) is 43.3 Å². The quantitative estimate of drug-likeness (QED) is 0.527. The summed E-state index contributed by atoms with van der Waals surface area (Å²) in [4.78, 5) is 12.5. The van der Waals surface area contributed by atoms with Crippen LogP contribution in [0.4, 0.5) is 0 Å². The van der Waals surface area contributed by atoms with Crippen LogP contribution in [0.15, 0.2) is 54.6 Å². The van der Waals surface area contributed by atoms with Crippen LogP contribution in [0.3, 0.4) is 0 Å². The third-order valence-electron chi connectivity index (χ3n) is 3.08. The fourth-order valence-electron chi connectivity index (χ4n) is 1.98. The minimum absolute atomic E-state index is 0.0449. The first kappa shape index (κ1) is 16.2. The zero-order chi connectivity index (χ0) is 15.6. The molecule has 0 aliphatic rings. The Morgan fingerprint density at radius 1 is 0.864 bits per heavy atom. The van der Waals surface area contributed by atoms with E-state index in [1.807, 2.05) is 30.3 Å². The molecule has 22 heavy (non-hydrogen) atoms. The van der Waals surface area contributed by atoms with Crippen molar-refractivity contribution in [3.05, 3.63) is 65.7 Å². The third kappa shape index (κ3) is 4.69. The molecule has 0 aliphatic carbocycles. The molecule has 0 fully saturated rings. The van der Waals surface area contributed by atoms with Gasteiger partial charge in [-0.05, 0) is 12.1 Å². The van der Waals surface area contributed by atoms with Crippen molar-refractivity contribution in [2.45, 2.75) is 0 Å². The van der Waals surface area contributed by atoms with Gasteiger partial charge in [0, 0.05) is 12.7 Å². The van der Waals surface area contributed by atoms with Crippen molar-refractivity contribution in [1.29, 1.82) is 0 Å². The van der Waals surface area contributed by atoms with Crippen molar-refractivity contribution < 1.29 is 19.0 Å². The van der Waals surface area contributed by atoms with E-state index in [0.717, 1.165) is 0 Å². The molecule has 0 aromatic heterocycles. The molecule has 2 aromatic rings. The fraction of sp³-hybridized carbons (Fsp3) is 0.278. The average Bonchev–Trinajstić information content (AvgIpc) is 2.58. The topological polar surface area (TPSA) is 44.8 Å². The number of carbonyl (C=O) groups excluding carboxylic acids is 1. The Morgan fingerprint density at radius 3 is 2.32 bits per heavy atom. The zero-order valence-electron chi connectivity index (χ0n) is 12.7. The monoisotopic (exact) mass is 300 g/mol. The summed E-state index contributed by atoms with van der Waals surface area (Å²) in [7, 11) is 1.63. The highest BCUT2D eigenvalue weighted by Gasteiger charge is 2.13. The van der Waals surface area contributed by atoms with Gasteiger partial charge < -0.3 is 14.2 Å². The molecule has 0 amide bonds. The van der Waals surface area contributed by atoms with E-state index in [1.165, 1.54) is 0 Å². The van der Waals surface area contributed by atoms with Crippen LogP contribution in [0, 0.1) is 0 Å². The van der Waals surface area contributed by atoms with Gasteiger partial charge in [0.15, 0.2) is 5.78 Å². The molecule has 0 heterocycles. The standard InChI is InChI=1S/C18H20O4/c1-20-11-12-21-13-14-22-17-10-6-5-9-16(17)18(19)15-7-3-2-4-8-15/h2-10H,11-14H2,1H3. The van der Waals surface area contributed by atoms with Gasteiger partial charge in [0.2, 0.25) is 0 Å². The van der Waals surface area contributed by atoms with E-state index >= 15 is 0 Å². The highest BCUT2D eigenvalue weighted by Crippen LogP contribution is 2.21. The number of para-hydroxylation sites is 1. The molecule has 2 rings (SSSR count). The average molecular weight is 300 g/mol. The van der Waals surface area contributed by atoms with Crippen molar-refractivity contribution in [3.63, 3.8) is 0 Å². The number of hydrogen-bond donors (Lipinski definition) is 0. The fourth-order valence-corrected chi connectivity index (χ4v) is 1.98. The van der Waals surface area contributed by atoms with Gasteiger partial charge in [0.25, 0.3) is 0 Å². The summed E-state index contributed by atoms with van der Waals surface area (Å²) in [5.41, 5.74) is 1.21. The molecular weight excluding hydrogens is 280 g/mol. The smallest absolute Gasteiger partial charge is 0.196 e. The second-order valence-corrected chi connectivity index (χ2v) is 4.64. The molecule has 2 aromatic carbocycles. The van der Waals surface area contributed by atoms with Gasteiger partial charge in [-0.25, -0.2) is 0 Å². The maximum Gasteiger partial charge on any atom is 0.196 e. The first-order valence-corrected chi connectivity index (χ1v) is 7.21. The molecule has 4 nitrogen and oxygen atoms in total. The van der Waals surface area contributed by atoms with E-state index in [-0.39, 0.29) is 5.78 Å². The molecule has 0 unspecified atom stereocenters. The summed E-state index contributed by atoms with van der Waals surface area (Å²) in [6.07, 6.45) is 0. The predicted molar refractivity (Wildman–Crippen MR) is 84.5 cm³/mol. The lowest BCUT2D eigenvalue weighted by Gasteiger charge is -2.11. The van der Waals surface area contributed by atoms with Gasteiger partial charge in [-0.3, -0.25) is 4.79 Å². The van der Waals surface area contributed by atoms with Gasteiger partial charge in [-0.15, -0.1) is 0 Å². The summed E-state index contributed by atoms with van der Waals surface area (Å²) < 4.78 is 15.9. The van der Waals surface area contributed by atoms with Crippen molar-refractivity contribution in [2.75, 3.05) is 33.5 Å². The van der Waals surface area contributed by atoms with Crippen LogP contribution in [-0.4, -0.2) is 39.3 Å². The summed E-state index contributed by atoms with van der Waals surface area (Å²) in [5, 5.41) is 0. The largest absolute Gasteiger partial charge is 0.490 e. The lowest BCUT2D eigenvalue weighted by molar-refractivity contribution is 0.0542. The normalized spacial score (nSPS) is 10.4. The number of ether oxygens (including phenoxy) is 3. The number of methoxy groups -OCH3 is 1. The van der Waals surface area contributed by atoms with E-state index in [1.54, 1.807) is 31.4 Å². The number of ketones is 1. The second kappa shape index (κ2) is 8.97. The van der Waals surface area contributed by atoms with Gasteiger partial charge in [0.05, 0.1) is 25.4 Å². The molecule has 0 aliphatic heterocycles. The van der Waals surface area contributed by atoms with Crippen LogP contribution in [-0.2, 0) is 9.47 Å². The van der Waals surface area contributed by atoms with Crippen molar-refractivity contribution in [1.82, 2.24) is 0 Å². The highest BCUT2D eigenvalue weighted by atomic mass is 16.5. The van der Waals surface area contributed by atoms with E-state index in [4.69, 9.17) is 14.2 Å². The molecule has 0 radical (unpaired) electrons. The Labute approximate surface area is 130 Å². The van der Waals surface area contributed by atoms with Crippen molar-refractivity contribution >= 4 is 5.78 Å². The third-order valence-corrected chi connectivity index (χ3v) is 3.08. The van der Waals surface area contributed by atoms with E-state index in [9.17, 15) is 4.79 Å². The molecule has 0 spiro atoms. The van der Waals surface area contributed by atoms with Crippen LogP contribution < -0.4 is 4.74 Å². The molecule has 0 atom stereocenters. The van der Waals surface area contributed by atoms with Crippen molar-refractivity contribution in [2.24, 2.45) is 0 Å². The second-order valence-electron chi connectivity index (χ2n) is 4.64. The maximum atomic E-state index is 12.5. The summed E-state index contributed by atoms with van der Waals surface area (Å²) >= 11 is 0. The molecular formula is C18H20O4. The first-order valence-electron chi connectivity index (χ1n) is 7.21. The molecule has 0 N–H and O–H groups in total. The zero-order valence-corrected chi connectivity index (χ0v) is 12.7. The SMILES string of the molecule is COCCOCCOc1ccccc1C(=O)c1ccccc1. The van der Waals surface area contributed by atoms with Gasteiger partial charge in [-0.2, -0.15) is 0 Å². The molecule has 4 heteroatoms. The van der Waals surface area contributed by atoms with Gasteiger partial charge in [0.1, 0.15) is 12.4 Å². The van der Waals surface area contributed by atoms with Gasteiger partial charge in [-0.1, -0.05) is 42.5 Å². The Morgan fingerprint density at radius 2 is 1.55 bits per heavy atom.